The van der Waals surface area contributed by atoms with Gasteiger partial charge >= 0.3 is 0 Å². The van der Waals surface area contributed by atoms with Crippen molar-refractivity contribution in [3.05, 3.63) is 18.0 Å². The Hall–Kier alpha value is -0.870. The maximum atomic E-state index is 6.06. The Morgan fingerprint density at radius 2 is 2.00 bits per heavy atom. The highest BCUT2D eigenvalue weighted by atomic mass is 15.3. The quantitative estimate of drug-likeness (QED) is 0.899. The van der Waals surface area contributed by atoms with Crippen LogP contribution in [-0.4, -0.2) is 33.8 Å². The number of rotatable bonds is 5. The normalized spacial score (nSPS) is 22.9. The summed E-state index contributed by atoms with van der Waals surface area (Å²) in [5.74, 6) is 0. The first-order chi connectivity index (χ1) is 9.73. The van der Waals surface area contributed by atoms with Crippen molar-refractivity contribution in [3.63, 3.8) is 0 Å². The standard InChI is InChI=1S/C16H28N4/c1-19(16(13-17)9-4-5-10-16)12-14-8-11-20(18-14)15-6-2-3-7-15/h8,11,15H,2-7,9-10,12-13,17H2,1H3. The van der Waals surface area contributed by atoms with Gasteiger partial charge in [0.05, 0.1) is 11.7 Å². The van der Waals surface area contributed by atoms with Crippen LogP contribution in [0.3, 0.4) is 0 Å². The fraction of sp³-hybridized carbons (Fsp3) is 0.812. The van der Waals surface area contributed by atoms with E-state index >= 15 is 0 Å². The Bertz CT molecular complexity index is 427. The molecular weight excluding hydrogens is 248 g/mol. The molecule has 0 unspecified atom stereocenters. The van der Waals surface area contributed by atoms with Crippen molar-refractivity contribution in [2.24, 2.45) is 5.73 Å². The van der Waals surface area contributed by atoms with E-state index in [0.29, 0.717) is 6.04 Å². The summed E-state index contributed by atoms with van der Waals surface area (Å²) >= 11 is 0. The molecule has 0 bridgehead atoms. The first kappa shape index (κ1) is 14.1. The highest BCUT2D eigenvalue weighted by Crippen LogP contribution is 2.34. The summed E-state index contributed by atoms with van der Waals surface area (Å²) in [5, 5.41) is 4.80. The lowest BCUT2D eigenvalue weighted by Crippen LogP contribution is -2.49. The summed E-state index contributed by atoms with van der Waals surface area (Å²) in [6.45, 7) is 1.70. The molecule has 0 spiro atoms. The monoisotopic (exact) mass is 276 g/mol. The Morgan fingerprint density at radius 3 is 2.65 bits per heavy atom. The molecule has 0 amide bonds. The zero-order valence-corrected chi connectivity index (χ0v) is 12.7. The minimum atomic E-state index is 0.219. The second-order valence-corrected chi connectivity index (χ2v) is 6.72. The average molecular weight is 276 g/mol. The fourth-order valence-electron chi connectivity index (χ4n) is 4.02. The minimum absolute atomic E-state index is 0.219. The lowest BCUT2D eigenvalue weighted by atomic mass is 9.95. The van der Waals surface area contributed by atoms with E-state index in [1.54, 1.807) is 0 Å². The number of hydrogen-bond donors (Lipinski definition) is 1. The first-order valence-corrected chi connectivity index (χ1v) is 8.19. The third kappa shape index (κ3) is 2.63. The number of hydrogen-bond acceptors (Lipinski definition) is 3. The minimum Gasteiger partial charge on any atom is -0.329 e. The predicted octanol–water partition coefficient (Wildman–Crippen LogP) is 2.70. The lowest BCUT2D eigenvalue weighted by Gasteiger charge is -2.37. The topological polar surface area (TPSA) is 47.1 Å². The molecule has 2 aliphatic carbocycles. The van der Waals surface area contributed by atoms with E-state index in [0.717, 1.165) is 13.1 Å². The van der Waals surface area contributed by atoms with Crippen LogP contribution >= 0.6 is 0 Å². The number of nitrogens with two attached hydrogens (primary N) is 1. The lowest BCUT2D eigenvalue weighted by molar-refractivity contribution is 0.122. The summed E-state index contributed by atoms with van der Waals surface area (Å²) < 4.78 is 2.19. The van der Waals surface area contributed by atoms with E-state index in [1.165, 1.54) is 57.1 Å². The van der Waals surface area contributed by atoms with Gasteiger partial charge in [-0.15, -0.1) is 0 Å². The van der Waals surface area contributed by atoms with Crippen molar-refractivity contribution in [2.75, 3.05) is 13.6 Å². The van der Waals surface area contributed by atoms with Crippen LogP contribution in [0.4, 0.5) is 0 Å². The molecule has 1 aromatic heterocycles. The molecule has 2 saturated carbocycles. The van der Waals surface area contributed by atoms with Gasteiger partial charge in [-0.3, -0.25) is 9.58 Å². The smallest absolute Gasteiger partial charge is 0.0764 e. The van der Waals surface area contributed by atoms with Gasteiger partial charge in [0, 0.05) is 24.8 Å². The van der Waals surface area contributed by atoms with Gasteiger partial charge in [0.25, 0.3) is 0 Å². The highest BCUT2D eigenvalue weighted by Gasteiger charge is 2.36. The van der Waals surface area contributed by atoms with Crippen molar-refractivity contribution in [2.45, 2.75) is 69.5 Å². The Morgan fingerprint density at radius 1 is 1.30 bits per heavy atom. The van der Waals surface area contributed by atoms with Gasteiger partial charge in [-0.05, 0) is 38.8 Å². The predicted molar refractivity (Wildman–Crippen MR) is 81.5 cm³/mol. The van der Waals surface area contributed by atoms with Crippen molar-refractivity contribution in [1.82, 2.24) is 14.7 Å². The molecule has 4 nitrogen and oxygen atoms in total. The van der Waals surface area contributed by atoms with E-state index in [4.69, 9.17) is 10.8 Å². The molecule has 1 aromatic rings. The number of likely N-dealkylation sites (N-methyl/N-ethyl adjacent to an activating group) is 1. The van der Waals surface area contributed by atoms with Gasteiger partial charge in [0.15, 0.2) is 0 Å². The molecule has 0 saturated heterocycles. The van der Waals surface area contributed by atoms with Gasteiger partial charge < -0.3 is 5.73 Å². The van der Waals surface area contributed by atoms with Crippen LogP contribution in [-0.2, 0) is 6.54 Å². The van der Waals surface area contributed by atoms with Gasteiger partial charge in [-0.2, -0.15) is 5.10 Å². The van der Waals surface area contributed by atoms with Gasteiger partial charge in [-0.25, -0.2) is 0 Å². The largest absolute Gasteiger partial charge is 0.329 e. The number of nitrogens with zero attached hydrogens (tertiary/aromatic N) is 3. The van der Waals surface area contributed by atoms with E-state index in [-0.39, 0.29) is 5.54 Å². The molecule has 0 aliphatic heterocycles. The molecule has 1 heterocycles. The molecule has 20 heavy (non-hydrogen) atoms. The molecule has 2 aliphatic rings. The van der Waals surface area contributed by atoms with E-state index < -0.39 is 0 Å². The van der Waals surface area contributed by atoms with Crippen LogP contribution in [0, 0.1) is 0 Å². The van der Waals surface area contributed by atoms with Crippen LogP contribution in [0.2, 0.25) is 0 Å². The molecule has 0 aromatic carbocycles. The summed E-state index contributed by atoms with van der Waals surface area (Å²) in [5.41, 5.74) is 7.47. The van der Waals surface area contributed by atoms with Crippen LogP contribution < -0.4 is 5.73 Å². The Balaban J connectivity index is 1.65. The van der Waals surface area contributed by atoms with Crippen LogP contribution in [0.1, 0.15) is 63.1 Å². The van der Waals surface area contributed by atoms with Crippen molar-refractivity contribution in [1.29, 1.82) is 0 Å². The molecule has 3 rings (SSSR count). The summed E-state index contributed by atoms with van der Waals surface area (Å²) in [7, 11) is 2.22. The summed E-state index contributed by atoms with van der Waals surface area (Å²) in [4.78, 5) is 2.45. The van der Waals surface area contributed by atoms with Crippen LogP contribution in [0.5, 0.6) is 0 Å². The van der Waals surface area contributed by atoms with E-state index in [9.17, 15) is 0 Å². The van der Waals surface area contributed by atoms with Crippen molar-refractivity contribution < 1.29 is 0 Å². The third-order valence-corrected chi connectivity index (χ3v) is 5.49. The third-order valence-electron chi connectivity index (χ3n) is 5.49. The van der Waals surface area contributed by atoms with Gasteiger partial charge in [0.2, 0.25) is 0 Å². The zero-order valence-electron chi connectivity index (χ0n) is 12.7. The Kier molecular flexibility index (Phi) is 4.13. The summed E-state index contributed by atoms with van der Waals surface area (Å²) in [6, 6.07) is 2.83. The molecule has 2 N–H and O–H groups in total. The molecular formula is C16H28N4. The molecule has 0 radical (unpaired) electrons. The van der Waals surface area contributed by atoms with Gasteiger partial charge in [-0.1, -0.05) is 25.7 Å². The van der Waals surface area contributed by atoms with Crippen molar-refractivity contribution in [3.8, 4) is 0 Å². The molecule has 0 atom stereocenters. The molecule has 4 heteroatoms. The highest BCUT2D eigenvalue weighted by molar-refractivity contribution is 5.03. The maximum absolute atomic E-state index is 6.06. The molecule has 112 valence electrons. The molecule has 2 fully saturated rings. The SMILES string of the molecule is CN(Cc1ccn(C2CCCC2)n1)C1(CN)CCCC1. The fourth-order valence-corrected chi connectivity index (χ4v) is 4.02. The summed E-state index contributed by atoms with van der Waals surface area (Å²) in [6.07, 6.45) is 12.6. The number of aromatic nitrogens is 2. The maximum Gasteiger partial charge on any atom is 0.0764 e. The second-order valence-electron chi connectivity index (χ2n) is 6.72. The zero-order chi connectivity index (χ0) is 14.0. The Labute approximate surface area is 122 Å². The first-order valence-electron chi connectivity index (χ1n) is 8.19. The average Bonchev–Trinajstić information content (AvgIpc) is 3.20. The van der Waals surface area contributed by atoms with Crippen LogP contribution in [0.15, 0.2) is 12.3 Å². The van der Waals surface area contributed by atoms with Crippen LogP contribution in [0.25, 0.3) is 0 Å². The second kappa shape index (κ2) is 5.86. The van der Waals surface area contributed by atoms with E-state index in [2.05, 4.69) is 28.9 Å². The van der Waals surface area contributed by atoms with E-state index in [1.807, 2.05) is 0 Å². The van der Waals surface area contributed by atoms with Crippen molar-refractivity contribution >= 4 is 0 Å². The van der Waals surface area contributed by atoms with Gasteiger partial charge in [0.1, 0.15) is 0 Å².